The molecule has 0 bridgehead atoms. The summed E-state index contributed by atoms with van der Waals surface area (Å²) < 4.78 is 5.55. The first-order valence-corrected chi connectivity index (χ1v) is 6.35. The van der Waals surface area contributed by atoms with Crippen LogP contribution in [0.1, 0.15) is 17.9 Å². The molecule has 1 unspecified atom stereocenters. The van der Waals surface area contributed by atoms with Crippen LogP contribution in [0.3, 0.4) is 0 Å². The number of carbonyl (C=O) groups is 1. The molecular weight excluding hydrogens is 228 g/mol. The molecule has 0 aliphatic carbocycles. The maximum Gasteiger partial charge on any atom is 0.233 e. The molecule has 1 aromatic rings. The van der Waals surface area contributed by atoms with Crippen molar-refractivity contribution < 1.29 is 9.53 Å². The van der Waals surface area contributed by atoms with E-state index in [1.807, 2.05) is 38.4 Å². The molecule has 1 heterocycles. The minimum Gasteiger partial charge on any atom is -0.492 e. The molecule has 0 fully saturated rings. The lowest BCUT2D eigenvalue weighted by Gasteiger charge is -2.20. The average molecular weight is 248 g/mol. The molecule has 1 aliphatic rings. The molecule has 98 valence electrons. The Kier molecular flexibility index (Phi) is 4.20. The summed E-state index contributed by atoms with van der Waals surface area (Å²) in [6.07, 6.45) is 0.966. The first kappa shape index (κ1) is 12.9. The van der Waals surface area contributed by atoms with Crippen molar-refractivity contribution in [1.82, 2.24) is 10.2 Å². The molecule has 0 spiro atoms. The second-order valence-electron chi connectivity index (χ2n) is 4.62. The maximum atomic E-state index is 12.3. The highest BCUT2D eigenvalue weighted by Crippen LogP contribution is 2.34. The minimum absolute atomic E-state index is 0.138. The normalized spacial score (nSPS) is 17.1. The van der Waals surface area contributed by atoms with Crippen molar-refractivity contribution in [3.63, 3.8) is 0 Å². The van der Waals surface area contributed by atoms with Gasteiger partial charge in [-0.25, -0.2) is 0 Å². The largest absolute Gasteiger partial charge is 0.492 e. The fourth-order valence-electron chi connectivity index (χ4n) is 2.24. The van der Waals surface area contributed by atoms with Gasteiger partial charge in [0.25, 0.3) is 0 Å². The number of hydrogen-bond acceptors (Lipinski definition) is 3. The zero-order chi connectivity index (χ0) is 13.0. The highest BCUT2D eigenvalue weighted by Gasteiger charge is 2.31. The van der Waals surface area contributed by atoms with E-state index in [1.54, 1.807) is 4.90 Å². The number of carbonyl (C=O) groups excluding carboxylic acids is 1. The van der Waals surface area contributed by atoms with Gasteiger partial charge in [-0.2, -0.15) is 0 Å². The van der Waals surface area contributed by atoms with E-state index in [0.717, 1.165) is 30.8 Å². The highest BCUT2D eigenvalue weighted by atomic mass is 16.5. The average Bonchev–Trinajstić information content (AvgIpc) is 2.82. The summed E-state index contributed by atoms with van der Waals surface area (Å²) in [5, 5.41) is 3.08. The Labute approximate surface area is 108 Å². The molecule has 0 aromatic heterocycles. The predicted molar refractivity (Wildman–Crippen MR) is 70.9 cm³/mol. The first-order valence-electron chi connectivity index (χ1n) is 6.35. The maximum absolute atomic E-state index is 12.3. The SMILES string of the molecule is CNCCCN(C)C(=O)C1COc2ccccc21. The first-order chi connectivity index (χ1) is 8.74. The molecule has 4 heteroatoms. The Morgan fingerprint density at radius 1 is 1.50 bits per heavy atom. The van der Waals surface area contributed by atoms with Crippen molar-refractivity contribution in [3.8, 4) is 5.75 Å². The van der Waals surface area contributed by atoms with Crippen molar-refractivity contribution in [2.24, 2.45) is 0 Å². The zero-order valence-electron chi connectivity index (χ0n) is 11.0. The van der Waals surface area contributed by atoms with Gasteiger partial charge in [0, 0.05) is 19.2 Å². The quantitative estimate of drug-likeness (QED) is 0.797. The molecule has 1 N–H and O–H groups in total. The molecule has 1 amide bonds. The Morgan fingerprint density at radius 3 is 3.06 bits per heavy atom. The molecular formula is C14H20N2O2. The van der Waals surface area contributed by atoms with Crippen LogP contribution in [0.5, 0.6) is 5.75 Å². The fraction of sp³-hybridized carbons (Fsp3) is 0.500. The van der Waals surface area contributed by atoms with E-state index in [2.05, 4.69) is 5.32 Å². The van der Waals surface area contributed by atoms with Gasteiger partial charge in [0.05, 0.1) is 0 Å². The van der Waals surface area contributed by atoms with Crippen molar-refractivity contribution in [1.29, 1.82) is 0 Å². The second-order valence-corrected chi connectivity index (χ2v) is 4.62. The lowest BCUT2D eigenvalue weighted by atomic mass is 10.00. The van der Waals surface area contributed by atoms with Crippen LogP contribution in [-0.2, 0) is 4.79 Å². The molecule has 0 radical (unpaired) electrons. The number of amides is 1. The van der Waals surface area contributed by atoms with E-state index in [-0.39, 0.29) is 11.8 Å². The van der Waals surface area contributed by atoms with Gasteiger partial charge in [-0.1, -0.05) is 18.2 Å². The van der Waals surface area contributed by atoms with Crippen LogP contribution in [0.15, 0.2) is 24.3 Å². The van der Waals surface area contributed by atoms with Gasteiger partial charge in [-0.3, -0.25) is 4.79 Å². The summed E-state index contributed by atoms with van der Waals surface area (Å²) in [4.78, 5) is 14.1. The molecule has 1 atom stereocenters. The number of hydrogen-bond donors (Lipinski definition) is 1. The van der Waals surface area contributed by atoms with E-state index >= 15 is 0 Å². The van der Waals surface area contributed by atoms with Crippen molar-refractivity contribution >= 4 is 5.91 Å². The van der Waals surface area contributed by atoms with Crippen LogP contribution in [0.25, 0.3) is 0 Å². The van der Waals surface area contributed by atoms with E-state index in [4.69, 9.17) is 4.74 Å². The molecule has 1 aromatic carbocycles. The van der Waals surface area contributed by atoms with Crippen molar-refractivity contribution in [2.75, 3.05) is 33.8 Å². The number of rotatable bonds is 5. The Bertz CT molecular complexity index is 420. The number of benzene rings is 1. The fourth-order valence-corrected chi connectivity index (χ4v) is 2.24. The highest BCUT2D eigenvalue weighted by molar-refractivity contribution is 5.85. The summed E-state index contributed by atoms with van der Waals surface area (Å²) in [6.45, 7) is 2.17. The Hall–Kier alpha value is -1.55. The number of fused-ring (bicyclic) bond motifs is 1. The van der Waals surface area contributed by atoms with E-state index in [0.29, 0.717) is 6.61 Å². The third kappa shape index (κ3) is 2.64. The number of nitrogens with zero attached hydrogens (tertiary/aromatic N) is 1. The molecule has 2 rings (SSSR count). The number of nitrogens with one attached hydrogen (secondary N) is 1. The number of likely N-dealkylation sites (N-methyl/N-ethyl adjacent to an activating group) is 1. The second kappa shape index (κ2) is 5.87. The molecule has 1 aliphatic heterocycles. The van der Waals surface area contributed by atoms with Gasteiger partial charge >= 0.3 is 0 Å². The minimum atomic E-state index is -0.138. The third-order valence-corrected chi connectivity index (χ3v) is 3.29. The lowest BCUT2D eigenvalue weighted by molar-refractivity contribution is -0.131. The number of ether oxygens (including phenoxy) is 1. The van der Waals surface area contributed by atoms with Crippen LogP contribution in [-0.4, -0.2) is 44.6 Å². The summed E-state index contributed by atoms with van der Waals surface area (Å²) in [5.41, 5.74) is 1.02. The summed E-state index contributed by atoms with van der Waals surface area (Å²) in [6, 6.07) is 7.78. The third-order valence-electron chi connectivity index (χ3n) is 3.29. The van der Waals surface area contributed by atoms with E-state index in [9.17, 15) is 4.79 Å². The van der Waals surface area contributed by atoms with Gasteiger partial charge in [-0.15, -0.1) is 0 Å². The van der Waals surface area contributed by atoms with Crippen molar-refractivity contribution in [2.45, 2.75) is 12.3 Å². The molecule has 0 saturated carbocycles. The lowest BCUT2D eigenvalue weighted by Crippen LogP contribution is -2.34. The van der Waals surface area contributed by atoms with Crippen molar-refractivity contribution in [3.05, 3.63) is 29.8 Å². The summed E-state index contributed by atoms with van der Waals surface area (Å²) in [7, 11) is 3.78. The van der Waals surface area contributed by atoms with Gasteiger partial charge in [-0.05, 0) is 26.1 Å². The molecule has 0 saturated heterocycles. The topological polar surface area (TPSA) is 41.6 Å². The Balaban J connectivity index is 1.98. The standard InChI is InChI=1S/C14H20N2O2/c1-15-8-5-9-16(2)14(17)12-10-18-13-7-4-3-6-11(12)13/h3-4,6-7,12,15H,5,8-10H2,1-2H3. The van der Waals surface area contributed by atoms with E-state index in [1.165, 1.54) is 0 Å². The van der Waals surface area contributed by atoms with Crippen LogP contribution in [0.4, 0.5) is 0 Å². The van der Waals surface area contributed by atoms with Gasteiger partial charge in [0.1, 0.15) is 18.3 Å². The van der Waals surface area contributed by atoms with Crippen LogP contribution >= 0.6 is 0 Å². The van der Waals surface area contributed by atoms with Crippen LogP contribution < -0.4 is 10.1 Å². The van der Waals surface area contributed by atoms with Crippen LogP contribution in [0, 0.1) is 0 Å². The smallest absolute Gasteiger partial charge is 0.233 e. The summed E-state index contributed by atoms with van der Waals surface area (Å²) in [5.74, 6) is 0.858. The molecule has 4 nitrogen and oxygen atoms in total. The molecule has 18 heavy (non-hydrogen) atoms. The van der Waals surface area contributed by atoms with Crippen LogP contribution in [0.2, 0.25) is 0 Å². The zero-order valence-corrected chi connectivity index (χ0v) is 11.0. The summed E-state index contributed by atoms with van der Waals surface area (Å²) >= 11 is 0. The predicted octanol–water partition coefficient (Wildman–Crippen LogP) is 1.23. The van der Waals surface area contributed by atoms with Gasteiger partial charge < -0.3 is 15.0 Å². The Morgan fingerprint density at radius 2 is 2.28 bits per heavy atom. The number of para-hydroxylation sites is 1. The van der Waals surface area contributed by atoms with E-state index < -0.39 is 0 Å². The van der Waals surface area contributed by atoms with Gasteiger partial charge in [0.15, 0.2) is 0 Å². The monoisotopic (exact) mass is 248 g/mol. The van der Waals surface area contributed by atoms with Gasteiger partial charge in [0.2, 0.25) is 5.91 Å².